The van der Waals surface area contributed by atoms with Crippen LogP contribution in [0.2, 0.25) is 0 Å². The lowest BCUT2D eigenvalue weighted by Gasteiger charge is -2.07. The van der Waals surface area contributed by atoms with Crippen molar-refractivity contribution in [3.8, 4) is 0 Å². The number of carbonyl (C=O) groups excluding carboxylic acids is 1. The summed E-state index contributed by atoms with van der Waals surface area (Å²) in [4.78, 5) is 11.5. The van der Waals surface area contributed by atoms with E-state index in [2.05, 4.69) is 5.32 Å². The molecule has 1 rings (SSSR count). The van der Waals surface area contributed by atoms with Crippen molar-refractivity contribution in [3.05, 3.63) is 35.1 Å². The largest absolute Gasteiger partial charge is 0.380 e. The molecule has 0 bridgehead atoms. The molecule has 0 unspecified atom stereocenters. The van der Waals surface area contributed by atoms with E-state index in [1.54, 1.807) is 0 Å². The molecule has 3 nitrogen and oxygen atoms in total. The Morgan fingerprint density at radius 3 is 2.42 bits per heavy atom. The molecule has 0 aromatic heterocycles. The maximum atomic E-state index is 13.3. The predicted molar refractivity (Wildman–Crippen MR) is 64.8 cm³/mol. The van der Waals surface area contributed by atoms with Gasteiger partial charge in [-0.2, -0.15) is 0 Å². The minimum absolute atomic E-state index is 0.192. The fourth-order valence-corrected chi connectivity index (χ4v) is 1.49. The van der Waals surface area contributed by atoms with Crippen LogP contribution in [0.4, 0.5) is 13.2 Å². The number of halogens is 4. The molecule has 0 aliphatic heterocycles. The molecule has 0 fully saturated rings. The minimum Gasteiger partial charge on any atom is -0.380 e. The second kappa shape index (κ2) is 8.01. The fraction of sp³-hybridized carbons (Fsp3) is 0.417. The number of amides is 1. The quantitative estimate of drug-likeness (QED) is 0.620. The highest BCUT2D eigenvalue weighted by molar-refractivity contribution is 6.17. The van der Waals surface area contributed by atoms with Gasteiger partial charge in [-0.1, -0.05) is 0 Å². The predicted octanol–water partition coefficient (Wildman–Crippen LogP) is 2.48. The van der Waals surface area contributed by atoms with E-state index < -0.39 is 28.9 Å². The molecule has 0 saturated heterocycles. The Kier molecular flexibility index (Phi) is 6.66. The zero-order chi connectivity index (χ0) is 14.3. The van der Waals surface area contributed by atoms with E-state index in [4.69, 9.17) is 16.3 Å². The lowest BCUT2D eigenvalue weighted by Crippen LogP contribution is -2.27. The van der Waals surface area contributed by atoms with Crippen LogP contribution >= 0.6 is 11.6 Å². The van der Waals surface area contributed by atoms with Crippen molar-refractivity contribution in [2.75, 3.05) is 25.6 Å². The van der Waals surface area contributed by atoms with Crippen LogP contribution in [0, 0.1) is 17.5 Å². The van der Waals surface area contributed by atoms with Gasteiger partial charge in [0.25, 0.3) is 5.91 Å². The van der Waals surface area contributed by atoms with Crippen molar-refractivity contribution in [2.24, 2.45) is 0 Å². The first-order valence-corrected chi connectivity index (χ1v) is 6.16. The normalized spacial score (nSPS) is 10.5. The molecule has 1 amide bonds. The van der Waals surface area contributed by atoms with Gasteiger partial charge in [0, 0.05) is 31.2 Å². The monoisotopic (exact) mass is 295 g/mol. The van der Waals surface area contributed by atoms with Gasteiger partial charge in [-0.3, -0.25) is 4.79 Å². The molecule has 1 aromatic carbocycles. The summed E-state index contributed by atoms with van der Waals surface area (Å²) in [5.74, 6) is -4.08. The molecule has 0 heterocycles. The van der Waals surface area contributed by atoms with Gasteiger partial charge < -0.3 is 10.1 Å². The van der Waals surface area contributed by atoms with Gasteiger partial charge in [-0.25, -0.2) is 13.2 Å². The summed E-state index contributed by atoms with van der Waals surface area (Å²) < 4.78 is 44.2. The average Bonchev–Trinajstić information content (AvgIpc) is 2.32. The highest BCUT2D eigenvalue weighted by Crippen LogP contribution is 2.14. The smallest absolute Gasteiger partial charge is 0.257 e. The first-order valence-electron chi connectivity index (χ1n) is 5.62. The zero-order valence-electron chi connectivity index (χ0n) is 10.0. The number of hydrogen-bond donors (Lipinski definition) is 1. The van der Waals surface area contributed by atoms with Gasteiger partial charge in [-0.05, 0) is 6.42 Å². The summed E-state index contributed by atoms with van der Waals surface area (Å²) in [7, 11) is 0. The Morgan fingerprint density at radius 1 is 1.21 bits per heavy atom. The van der Waals surface area contributed by atoms with E-state index >= 15 is 0 Å². The highest BCUT2D eigenvalue weighted by Gasteiger charge is 2.18. The first kappa shape index (κ1) is 15.8. The van der Waals surface area contributed by atoms with E-state index in [0.29, 0.717) is 37.6 Å². The van der Waals surface area contributed by atoms with Gasteiger partial charge in [0.15, 0.2) is 0 Å². The molecule has 0 saturated carbocycles. The Bertz CT molecular complexity index is 420. The summed E-state index contributed by atoms with van der Waals surface area (Å²) >= 11 is 5.38. The molecule has 1 N–H and O–H groups in total. The van der Waals surface area contributed by atoms with E-state index in [1.165, 1.54) is 0 Å². The van der Waals surface area contributed by atoms with Crippen LogP contribution in [-0.4, -0.2) is 31.5 Å². The topological polar surface area (TPSA) is 38.3 Å². The van der Waals surface area contributed by atoms with Crippen LogP contribution in [0.15, 0.2) is 12.1 Å². The summed E-state index contributed by atoms with van der Waals surface area (Å²) in [5.41, 5.74) is -0.789. The Morgan fingerprint density at radius 2 is 1.84 bits per heavy atom. The van der Waals surface area contributed by atoms with Crippen LogP contribution in [-0.2, 0) is 4.74 Å². The molecule has 0 atom stereocenters. The van der Waals surface area contributed by atoms with Crippen molar-refractivity contribution in [3.63, 3.8) is 0 Å². The van der Waals surface area contributed by atoms with Crippen molar-refractivity contribution >= 4 is 17.5 Å². The molecule has 0 spiro atoms. The van der Waals surface area contributed by atoms with Gasteiger partial charge in [0.05, 0.1) is 6.61 Å². The molecule has 7 heteroatoms. The van der Waals surface area contributed by atoms with Crippen molar-refractivity contribution in [2.45, 2.75) is 6.42 Å². The summed E-state index contributed by atoms with van der Waals surface area (Å²) in [6, 6.07) is 0.920. The molecular weight excluding hydrogens is 283 g/mol. The number of benzene rings is 1. The first-order chi connectivity index (χ1) is 9.06. The molecular formula is C12H13ClF3NO2. The summed E-state index contributed by atoms with van der Waals surface area (Å²) in [6.07, 6.45) is 0.479. The van der Waals surface area contributed by atoms with E-state index in [1.807, 2.05) is 0 Å². The third kappa shape index (κ3) is 5.08. The van der Waals surface area contributed by atoms with Gasteiger partial charge in [0.1, 0.15) is 23.0 Å². The van der Waals surface area contributed by atoms with Gasteiger partial charge in [0.2, 0.25) is 0 Å². The van der Waals surface area contributed by atoms with Crippen molar-refractivity contribution in [1.82, 2.24) is 5.32 Å². The minimum atomic E-state index is -1.23. The fourth-order valence-electron chi connectivity index (χ4n) is 1.38. The Labute approximate surface area is 113 Å². The number of hydrogen-bond acceptors (Lipinski definition) is 2. The second-order valence-corrected chi connectivity index (χ2v) is 4.03. The maximum absolute atomic E-state index is 13.3. The van der Waals surface area contributed by atoms with Crippen LogP contribution in [0.5, 0.6) is 0 Å². The standard InChI is InChI=1S/C12H13ClF3NO2/c13-2-5-19-4-1-3-17-12(18)11-9(15)6-8(14)7-10(11)16/h6-7H,1-5H2,(H,17,18). The lowest BCUT2D eigenvalue weighted by atomic mass is 10.1. The molecule has 0 radical (unpaired) electrons. The summed E-state index contributed by atoms with van der Waals surface area (Å²) in [5, 5.41) is 2.32. The number of carbonyl (C=O) groups is 1. The third-order valence-corrected chi connectivity index (χ3v) is 2.36. The van der Waals surface area contributed by atoms with Gasteiger partial charge >= 0.3 is 0 Å². The number of alkyl halides is 1. The molecule has 0 aliphatic carbocycles. The lowest BCUT2D eigenvalue weighted by molar-refractivity contribution is 0.0936. The average molecular weight is 296 g/mol. The molecule has 106 valence electrons. The summed E-state index contributed by atoms with van der Waals surface area (Å²) in [6.45, 7) is 0.968. The third-order valence-electron chi connectivity index (χ3n) is 2.21. The maximum Gasteiger partial charge on any atom is 0.257 e. The number of ether oxygens (including phenoxy) is 1. The van der Waals surface area contributed by atoms with Crippen LogP contribution in [0.3, 0.4) is 0 Å². The van der Waals surface area contributed by atoms with Crippen LogP contribution in [0.25, 0.3) is 0 Å². The molecule has 19 heavy (non-hydrogen) atoms. The zero-order valence-corrected chi connectivity index (χ0v) is 10.8. The molecule has 0 aliphatic rings. The highest BCUT2D eigenvalue weighted by atomic mass is 35.5. The number of rotatable bonds is 7. The number of nitrogens with one attached hydrogen (secondary N) is 1. The molecule has 1 aromatic rings. The van der Waals surface area contributed by atoms with Gasteiger partial charge in [-0.15, -0.1) is 11.6 Å². The van der Waals surface area contributed by atoms with Crippen molar-refractivity contribution < 1.29 is 22.7 Å². The van der Waals surface area contributed by atoms with Crippen LogP contribution < -0.4 is 5.32 Å². The van der Waals surface area contributed by atoms with E-state index in [0.717, 1.165) is 0 Å². The van der Waals surface area contributed by atoms with E-state index in [-0.39, 0.29) is 6.54 Å². The Balaban J connectivity index is 2.46. The van der Waals surface area contributed by atoms with Crippen LogP contribution in [0.1, 0.15) is 16.8 Å². The Hall–Kier alpha value is -1.27. The van der Waals surface area contributed by atoms with E-state index in [9.17, 15) is 18.0 Å². The second-order valence-electron chi connectivity index (χ2n) is 3.66. The van der Waals surface area contributed by atoms with Crippen molar-refractivity contribution in [1.29, 1.82) is 0 Å². The SMILES string of the molecule is O=C(NCCCOCCCl)c1c(F)cc(F)cc1F.